The lowest BCUT2D eigenvalue weighted by Gasteiger charge is -2.15. The van der Waals surface area contributed by atoms with Crippen molar-refractivity contribution in [2.45, 2.75) is 39.2 Å². The summed E-state index contributed by atoms with van der Waals surface area (Å²) < 4.78 is 5.65. The zero-order valence-electron chi connectivity index (χ0n) is 12.4. The van der Waals surface area contributed by atoms with Crippen molar-refractivity contribution in [3.05, 3.63) is 23.8 Å². The predicted molar refractivity (Wildman–Crippen MR) is 86.1 cm³/mol. The lowest BCUT2D eigenvalue weighted by Crippen LogP contribution is -2.24. The number of hydrogen-bond acceptors (Lipinski definition) is 3. The van der Waals surface area contributed by atoms with E-state index in [0.717, 1.165) is 55.8 Å². The summed E-state index contributed by atoms with van der Waals surface area (Å²) in [7, 11) is 0. The molecule has 0 spiro atoms. The van der Waals surface area contributed by atoms with Gasteiger partial charge in [0, 0.05) is 29.8 Å². The predicted octanol–water partition coefficient (Wildman–Crippen LogP) is 3.11. The minimum Gasteiger partial charge on any atom is -0.492 e. The monoisotopic (exact) mass is 310 g/mol. The number of carbonyl (C=O) groups is 1. The van der Waals surface area contributed by atoms with Crippen molar-refractivity contribution < 1.29 is 9.53 Å². The molecule has 0 atom stereocenters. The Hall–Kier alpha value is -1.26. The first-order valence-corrected chi connectivity index (χ1v) is 7.51. The van der Waals surface area contributed by atoms with Crippen LogP contribution >= 0.6 is 12.4 Å². The van der Waals surface area contributed by atoms with Gasteiger partial charge in [-0.25, -0.2) is 0 Å². The van der Waals surface area contributed by atoms with Crippen molar-refractivity contribution in [1.29, 1.82) is 0 Å². The maximum Gasteiger partial charge on any atom is 0.230 e. The zero-order valence-corrected chi connectivity index (χ0v) is 13.2. The highest BCUT2D eigenvalue weighted by Crippen LogP contribution is 2.50. The van der Waals surface area contributed by atoms with Crippen LogP contribution in [0.2, 0.25) is 0 Å². The van der Waals surface area contributed by atoms with Crippen LogP contribution in [-0.2, 0) is 11.3 Å². The van der Waals surface area contributed by atoms with E-state index >= 15 is 0 Å². The van der Waals surface area contributed by atoms with Crippen LogP contribution in [-0.4, -0.2) is 19.1 Å². The van der Waals surface area contributed by atoms with Gasteiger partial charge in [-0.3, -0.25) is 4.79 Å². The molecule has 1 amide bonds. The van der Waals surface area contributed by atoms with E-state index in [0.29, 0.717) is 6.61 Å². The van der Waals surface area contributed by atoms with E-state index in [1.807, 2.05) is 18.2 Å². The van der Waals surface area contributed by atoms with Crippen LogP contribution in [0.15, 0.2) is 18.2 Å². The van der Waals surface area contributed by atoms with Gasteiger partial charge < -0.3 is 15.4 Å². The fourth-order valence-corrected chi connectivity index (χ4v) is 2.88. The lowest BCUT2D eigenvalue weighted by molar-refractivity contribution is -0.121. The van der Waals surface area contributed by atoms with Crippen LogP contribution in [0, 0.1) is 5.41 Å². The summed E-state index contributed by atoms with van der Waals surface area (Å²) in [5, 5.41) is 6.39. The Morgan fingerprint density at radius 1 is 1.43 bits per heavy atom. The average Bonchev–Trinajstić information content (AvgIpc) is 3.23. The van der Waals surface area contributed by atoms with Crippen molar-refractivity contribution in [1.82, 2.24) is 5.32 Å². The van der Waals surface area contributed by atoms with Gasteiger partial charge in [0.15, 0.2) is 0 Å². The molecule has 1 fully saturated rings. The number of benzene rings is 1. The van der Waals surface area contributed by atoms with Crippen LogP contribution in [0.5, 0.6) is 5.75 Å². The molecular formula is C16H23ClN2O2. The highest BCUT2D eigenvalue weighted by atomic mass is 35.5. The first-order chi connectivity index (χ1) is 9.73. The summed E-state index contributed by atoms with van der Waals surface area (Å²) in [6.07, 6.45) is 4.12. The summed E-state index contributed by atoms with van der Waals surface area (Å²) in [6.45, 7) is 4.48. The molecule has 4 nitrogen and oxygen atoms in total. The van der Waals surface area contributed by atoms with Gasteiger partial charge in [0.25, 0.3) is 0 Å². The highest BCUT2D eigenvalue weighted by molar-refractivity contribution is 5.97. The van der Waals surface area contributed by atoms with E-state index in [1.165, 1.54) is 0 Å². The van der Waals surface area contributed by atoms with Gasteiger partial charge in [0.1, 0.15) is 12.4 Å². The molecule has 116 valence electrons. The third-order valence-electron chi connectivity index (χ3n) is 4.23. The van der Waals surface area contributed by atoms with Gasteiger partial charge in [0.2, 0.25) is 5.91 Å². The molecule has 1 aromatic carbocycles. The van der Waals surface area contributed by atoms with E-state index in [4.69, 9.17) is 4.74 Å². The van der Waals surface area contributed by atoms with Crippen LogP contribution < -0.4 is 15.4 Å². The van der Waals surface area contributed by atoms with Crippen molar-refractivity contribution in [3.8, 4) is 5.75 Å². The number of hydrogen-bond donors (Lipinski definition) is 2. The number of ether oxygens (including phenoxy) is 1. The van der Waals surface area contributed by atoms with Crippen molar-refractivity contribution in [3.63, 3.8) is 0 Å². The Bertz CT molecular complexity index is 515. The molecule has 1 aliphatic heterocycles. The molecule has 0 unspecified atom stereocenters. The summed E-state index contributed by atoms with van der Waals surface area (Å²) in [4.78, 5) is 12.4. The molecule has 0 aromatic heterocycles. The van der Waals surface area contributed by atoms with Crippen LogP contribution in [0.4, 0.5) is 5.69 Å². The van der Waals surface area contributed by atoms with Crippen LogP contribution in [0.1, 0.15) is 38.2 Å². The lowest BCUT2D eigenvalue weighted by atomic mass is 9.99. The number of fused-ring (bicyclic) bond motifs is 1. The summed E-state index contributed by atoms with van der Waals surface area (Å²) >= 11 is 0. The first-order valence-electron chi connectivity index (χ1n) is 7.51. The van der Waals surface area contributed by atoms with E-state index < -0.39 is 0 Å². The molecule has 0 radical (unpaired) electrons. The molecule has 21 heavy (non-hydrogen) atoms. The summed E-state index contributed by atoms with van der Waals surface area (Å²) in [6, 6.07) is 5.91. The molecule has 2 N–H and O–H groups in total. The van der Waals surface area contributed by atoms with E-state index in [-0.39, 0.29) is 23.7 Å². The van der Waals surface area contributed by atoms with E-state index in [1.54, 1.807) is 0 Å². The second-order valence-electron chi connectivity index (χ2n) is 5.83. The van der Waals surface area contributed by atoms with Gasteiger partial charge in [-0.15, -0.1) is 12.4 Å². The Balaban J connectivity index is 0.00000161. The minimum atomic E-state index is -0.0870. The maximum absolute atomic E-state index is 12.4. The number of amides is 1. The Kier molecular flexibility index (Phi) is 5.12. The molecule has 1 aromatic rings. The molecule has 1 saturated carbocycles. The Morgan fingerprint density at radius 2 is 2.24 bits per heavy atom. The van der Waals surface area contributed by atoms with E-state index in [9.17, 15) is 4.79 Å². The Labute approximate surface area is 132 Å². The quantitative estimate of drug-likeness (QED) is 0.898. The van der Waals surface area contributed by atoms with Crippen molar-refractivity contribution in [2.75, 3.05) is 18.5 Å². The second-order valence-corrected chi connectivity index (χ2v) is 5.83. The average molecular weight is 311 g/mol. The number of halogens is 1. The fourth-order valence-electron chi connectivity index (χ4n) is 2.88. The molecule has 0 saturated heterocycles. The molecule has 3 rings (SSSR count). The maximum atomic E-state index is 12.4. The Morgan fingerprint density at radius 3 is 2.95 bits per heavy atom. The molecule has 5 heteroatoms. The summed E-state index contributed by atoms with van der Waals surface area (Å²) in [5.74, 6) is 1.10. The normalized spacial score (nSPS) is 18.5. The molecule has 2 aliphatic rings. The zero-order chi connectivity index (χ0) is 14.0. The highest BCUT2D eigenvalue weighted by Gasteiger charge is 2.48. The van der Waals surface area contributed by atoms with E-state index in [2.05, 4.69) is 17.6 Å². The van der Waals surface area contributed by atoms with Crippen molar-refractivity contribution >= 4 is 24.0 Å². The number of carbonyl (C=O) groups excluding carboxylic acids is 1. The van der Waals surface area contributed by atoms with Gasteiger partial charge >= 0.3 is 0 Å². The topological polar surface area (TPSA) is 50.4 Å². The van der Waals surface area contributed by atoms with Crippen LogP contribution in [0.3, 0.4) is 0 Å². The number of nitrogens with one attached hydrogen (secondary N) is 2. The van der Waals surface area contributed by atoms with Gasteiger partial charge in [-0.2, -0.15) is 0 Å². The standard InChI is InChI=1S/C16H22N2O2.ClH/c1-2-5-16(6-7-16)15(19)18-13-3-4-14-12(10-13)11-17-8-9-20-14;/h3-4,10,17H,2,5-9,11H2,1H3,(H,18,19);1H. The smallest absolute Gasteiger partial charge is 0.230 e. The molecule has 0 bridgehead atoms. The van der Waals surface area contributed by atoms with Gasteiger partial charge in [-0.1, -0.05) is 13.3 Å². The SMILES string of the molecule is CCCC1(C(=O)Nc2ccc3c(c2)CNCCO3)CC1.Cl. The molecule has 1 heterocycles. The molecule has 1 aliphatic carbocycles. The second kappa shape index (κ2) is 6.67. The third-order valence-corrected chi connectivity index (χ3v) is 4.23. The van der Waals surface area contributed by atoms with Crippen LogP contribution in [0.25, 0.3) is 0 Å². The number of anilines is 1. The fraction of sp³-hybridized carbons (Fsp3) is 0.562. The first kappa shape index (κ1) is 16.1. The minimum absolute atomic E-state index is 0. The third kappa shape index (κ3) is 3.50. The van der Waals surface area contributed by atoms with Gasteiger partial charge in [0.05, 0.1) is 0 Å². The summed E-state index contributed by atoms with van der Waals surface area (Å²) in [5.41, 5.74) is 1.90. The molecular weight excluding hydrogens is 288 g/mol. The largest absolute Gasteiger partial charge is 0.492 e. The van der Waals surface area contributed by atoms with Gasteiger partial charge in [-0.05, 0) is 37.5 Å². The number of rotatable bonds is 4. The van der Waals surface area contributed by atoms with Crippen molar-refractivity contribution in [2.24, 2.45) is 5.41 Å².